The molecule has 0 aromatic heterocycles. The van der Waals surface area contributed by atoms with E-state index in [1.807, 2.05) is 0 Å². The van der Waals surface area contributed by atoms with Gasteiger partial charge in [-0.3, -0.25) is 0 Å². The minimum absolute atomic E-state index is 1.21. The Balaban J connectivity index is 1.15. The second-order valence-corrected chi connectivity index (χ2v) is 16.0. The van der Waals surface area contributed by atoms with E-state index in [1.54, 1.807) is 0 Å². The molecule has 0 bridgehead atoms. The standard InChI is InChI=1S/C60H38/c1-3-11-39(12-4-1)42-19-22-44(23-20-42)59-55-34-27-48(46-24-21-41-15-7-8-17-45(41)35-46)38-58(55)60(56-33-26-47(37-57(56)59)40-13-5-2-6-14-40)50-29-30-52-49(36-50)28-32-53-51-18-10-9-16-43(51)25-31-54(52)53/h1-38H. The molecule has 0 heteroatoms. The van der Waals surface area contributed by atoms with Gasteiger partial charge >= 0.3 is 0 Å². The summed E-state index contributed by atoms with van der Waals surface area (Å²) in [4.78, 5) is 0. The van der Waals surface area contributed by atoms with Crippen molar-refractivity contribution in [2.45, 2.75) is 0 Å². The van der Waals surface area contributed by atoms with Crippen molar-refractivity contribution in [3.05, 3.63) is 231 Å². The maximum absolute atomic E-state index is 2.44. The van der Waals surface area contributed by atoms with Gasteiger partial charge in [0.25, 0.3) is 0 Å². The molecule has 0 amide bonds. The molecule has 60 heavy (non-hydrogen) atoms. The van der Waals surface area contributed by atoms with Gasteiger partial charge in [-0.2, -0.15) is 0 Å². The summed E-state index contributed by atoms with van der Waals surface area (Å²) in [6.07, 6.45) is 0. The quantitative estimate of drug-likeness (QED) is 0.121. The highest BCUT2D eigenvalue weighted by Crippen LogP contribution is 2.47. The second kappa shape index (κ2) is 13.9. The van der Waals surface area contributed by atoms with Crippen LogP contribution < -0.4 is 0 Å². The van der Waals surface area contributed by atoms with E-state index in [9.17, 15) is 0 Å². The Hall–Kier alpha value is -7.80. The molecule has 0 fully saturated rings. The Morgan fingerprint density at radius 1 is 0.150 bits per heavy atom. The molecular weight excluding hydrogens is 721 g/mol. The van der Waals surface area contributed by atoms with Crippen LogP contribution in [0.4, 0.5) is 0 Å². The molecule has 0 atom stereocenters. The summed E-state index contributed by atoms with van der Waals surface area (Å²) in [6, 6.07) is 85.3. The van der Waals surface area contributed by atoms with Crippen LogP contribution in [0.15, 0.2) is 231 Å². The second-order valence-electron chi connectivity index (χ2n) is 16.0. The van der Waals surface area contributed by atoms with E-state index >= 15 is 0 Å². The van der Waals surface area contributed by atoms with Crippen molar-refractivity contribution in [3.8, 4) is 55.6 Å². The molecule has 12 aromatic carbocycles. The largest absolute Gasteiger partial charge is 0.0622 e. The van der Waals surface area contributed by atoms with Gasteiger partial charge in [0.1, 0.15) is 0 Å². The monoisotopic (exact) mass is 758 g/mol. The first kappa shape index (κ1) is 34.3. The summed E-state index contributed by atoms with van der Waals surface area (Å²) in [5, 5.41) is 15.1. The normalized spacial score (nSPS) is 11.7. The van der Waals surface area contributed by atoms with Crippen molar-refractivity contribution >= 4 is 64.6 Å². The lowest BCUT2D eigenvalue weighted by atomic mass is 9.83. The number of benzene rings is 12. The van der Waals surface area contributed by atoms with Crippen LogP contribution >= 0.6 is 0 Å². The van der Waals surface area contributed by atoms with E-state index in [0.29, 0.717) is 0 Å². The maximum atomic E-state index is 2.44. The van der Waals surface area contributed by atoms with Gasteiger partial charge in [0.15, 0.2) is 0 Å². The molecule has 278 valence electrons. The fourth-order valence-corrected chi connectivity index (χ4v) is 9.65. The van der Waals surface area contributed by atoms with E-state index in [-0.39, 0.29) is 0 Å². The fourth-order valence-electron chi connectivity index (χ4n) is 9.65. The Morgan fingerprint density at radius 3 is 1.23 bits per heavy atom. The highest BCUT2D eigenvalue weighted by molar-refractivity contribution is 6.24. The van der Waals surface area contributed by atoms with Gasteiger partial charge in [-0.15, -0.1) is 0 Å². The predicted molar refractivity (Wildman–Crippen MR) is 259 cm³/mol. The molecule has 0 aliphatic rings. The van der Waals surface area contributed by atoms with E-state index < -0.39 is 0 Å². The SMILES string of the molecule is c1ccc(-c2ccc(-c3c4ccc(-c5ccc6ccccc6c5)cc4c(-c4ccc5c(ccc6c7ccccc7ccc56)c4)c4ccc(-c5ccccc5)cc34)cc2)cc1. The van der Waals surface area contributed by atoms with Crippen LogP contribution in [0.5, 0.6) is 0 Å². The maximum Gasteiger partial charge on any atom is -0.00259 e. The van der Waals surface area contributed by atoms with Gasteiger partial charge in [-0.25, -0.2) is 0 Å². The molecule has 0 spiro atoms. The third kappa shape index (κ3) is 5.69. The summed E-state index contributed by atoms with van der Waals surface area (Å²) in [6.45, 7) is 0. The summed E-state index contributed by atoms with van der Waals surface area (Å²) in [5.41, 5.74) is 12.2. The minimum atomic E-state index is 1.21. The van der Waals surface area contributed by atoms with E-state index in [0.717, 1.165) is 0 Å². The Kier molecular flexibility index (Phi) is 7.96. The Labute approximate surface area is 349 Å². The first-order chi connectivity index (χ1) is 29.7. The number of hydrogen-bond donors (Lipinski definition) is 0. The average molecular weight is 759 g/mol. The molecule has 0 saturated heterocycles. The van der Waals surface area contributed by atoms with Crippen molar-refractivity contribution in [2.24, 2.45) is 0 Å². The first-order valence-corrected chi connectivity index (χ1v) is 20.8. The molecule has 0 saturated carbocycles. The van der Waals surface area contributed by atoms with Crippen molar-refractivity contribution in [2.75, 3.05) is 0 Å². The Morgan fingerprint density at radius 2 is 0.533 bits per heavy atom. The molecule has 0 unspecified atom stereocenters. The molecular formula is C60H38. The molecule has 0 aliphatic carbocycles. The lowest BCUT2D eigenvalue weighted by molar-refractivity contribution is 1.60. The molecule has 0 heterocycles. The van der Waals surface area contributed by atoms with Crippen molar-refractivity contribution in [3.63, 3.8) is 0 Å². The lowest BCUT2D eigenvalue weighted by Crippen LogP contribution is -1.93. The highest BCUT2D eigenvalue weighted by atomic mass is 14.2. The van der Waals surface area contributed by atoms with E-state index in [4.69, 9.17) is 0 Å². The van der Waals surface area contributed by atoms with E-state index in [1.165, 1.54) is 120 Å². The summed E-state index contributed by atoms with van der Waals surface area (Å²) < 4.78 is 0. The number of fused-ring (bicyclic) bond motifs is 8. The lowest BCUT2D eigenvalue weighted by Gasteiger charge is -2.20. The Bertz CT molecular complexity index is 3620. The van der Waals surface area contributed by atoms with E-state index in [2.05, 4.69) is 231 Å². The van der Waals surface area contributed by atoms with Gasteiger partial charge in [0.05, 0.1) is 0 Å². The number of hydrogen-bond acceptors (Lipinski definition) is 0. The molecule has 12 rings (SSSR count). The molecule has 12 aromatic rings. The molecule has 0 N–H and O–H groups in total. The topological polar surface area (TPSA) is 0 Å². The van der Waals surface area contributed by atoms with Crippen LogP contribution in [-0.2, 0) is 0 Å². The van der Waals surface area contributed by atoms with Gasteiger partial charge in [0, 0.05) is 0 Å². The van der Waals surface area contributed by atoms with Crippen LogP contribution in [0.2, 0.25) is 0 Å². The van der Waals surface area contributed by atoms with Crippen LogP contribution in [-0.4, -0.2) is 0 Å². The van der Waals surface area contributed by atoms with Gasteiger partial charge in [-0.05, 0) is 145 Å². The third-order valence-corrected chi connectivity index (χ3v) is 12.6. The van der Waals surface area contributed by atoms with Gasteiger partial charge in [0.2, 0.25) is 0 Å². The fraction of sp³-hybridized carbons (Fsp3) is 0. The van der Waals surface area contributed by atoms with Crippen LogP contribution in [0.1, 0.15) is 0 Å². The van der Waals surface area contributed by atoms with Crippen molar-refractivity contribution < 1.29 is 0 Å². The first-order valence-electron chi connectivity index (χ1n) is 20.8. The summed E-state index contributed by atoms with van der Waals surface area (Å²) in [7, 11) is 0. The highest BCUT2D eigenvalue weighted by Gasteiger charge is 2.20. The van der Waals surface area contributed by atoms with Gasteiger partial charge < -0.3 is 0 Å². The smallest absolute Gasteiger partial charge is 0.00259 e. The summed E-state index contributed by atoms with van der Waals surface area (Å²) in [5.74, 6) is 0. The van der Waals surface area contributed by atoms with Crippen molar-refractivity contribution in [1.82, 2.24) is 0 Å². The minimum Gasteiger partial charge on any atom is -0.0622 e. The van der Waals surface area contributed by atoms with Crippen LogP contribution in [0, 0.1) is 0 Å². The molecule has 0 aliphatic heterocycles. The zero-order valence-corrected chi connectivity index (χ0v) is 32.9. The van der Waals surface area contributed by atoms with Gasteiger partial charge in [-0.1, -0.05) is 206 Å². The molecule has 0 radical (unpaired) electrons. The molecule has 0 nitrogen and oxygen atoms in total. The predicted octanol–water partition coefficient (Wildman–Crippen LogP) is 16.9. The zero-order valence-electron chi connectivity index (χ0n) is 32.9. The average Bonchev–Trinajstić information content (AvgIpc) is 3.33. The number of rotatable bonds is 5. The third-order valence-electron chi connectivity index (χ3n) is 12.6. The van der Waals surface area contributed by atoms with Crippen molar-refractivity contribution in [1.29, 1.82) is 0 Å². The van der Waals surface area contributed by atoms with Crippen LogP contribution in [0.3, 0.4) is 0 Å². The summed E-state index contributed by atoms with van der Waals surface area (Å²) >= 11 is 0. The van der Waals surface area contributed by atoms with Crippen LogP contribution in [0.25, 0.3) is 120 Å². The zero-order chi connectivity index (χ0) is 39.6.